The van der Waals surface area contributed by atoms with Crippen LogP contribution in [0, 0.1) is 0 Å². The number of benzene rings is 2. The van der Waals surface area contributed by atoms with Gasteiger partial charge in [-0.3, -0.25) is 9.59 Å². The van der Waals surface area contributed by atoms with Crippen molar-refractivity contribution >= 4 is 34.7 Å². The van der Waals surface area contributed by atoms with Crippen LogP contribution >= 0.6 is 0 Å². The highest BCUT2D eigenvalue weighted by Crippen LogP contribution is 2.37. The lowest BCUT2D eigenvalue weighted by molar-refractivity contribution is -0.111. The molecule has 11 heteroatoms. The van der Waals surface area contributed by atoms with Crippen molar-refractivity contribution in [1.29, 1.82) is 0 Å². The lowest BCUT2D eigenvalue weighted by Gasteiger charge is -2.26. The van der Waals surface area contributed by atoms with Gasteiger partial charge in [-0.15, -0.1) is 0 Å². The quantitative estimate of drug-likeness (QED) is 0.205. The molecule has 0 spiro atoms. The van der Waals surface area contributed by atoms with E-state index in [0.29, 0.717) is 22.7 Å². The summed E-state index contributed by atoms with van der Waals surface area (Å²) >= 11 is 0. The summed E-state index contributed by atoms with van der Waals surface area (Å²) in [5, 5.41) is 6.00. The highest BCUT2D eigenvalue weighted by molar-refractivity contribution is 6.08. The molecule has 2 aromatic heterocycles. The van der Waals surface area contributed by atoms with Gasteiger partial charge in [0.2, 0.25) is 17.6 Å². The fourth-order valence-corrected chi connectivity index (χ4v) is 3.92. The SMILES string of the molecule is C=CC(=O)Nc1cc(Nc2nccc(C(=O)c3ccc(-n4ccnc4)cc3)n2)c(OC)cc1N(C)CCN(C)C. The summed E-state index contributed by atoms with van der Waals surface area (Å²) < 4.78 is 7.50. The van der Waals surface area contributed by atoms with Crippen molar-refractivity contribution in [3.63, 3.8) is 0 Å². The molecule has 4 aromatic rings. The van der Waals surface area contributed by atoms with E-state index in [0.717, 1.165) is 24.5 Å². The fraction of sp³-hybridized carbons (Fsp3) is 0.207. The fourth-order valence-electron chi connectivity index (χ4n) is 3.92. The van der Waals surface area contributed by atoms with Crippen LogP contribution in [-0.2, 0) is 4.79 Å². The highest BCUT2D eigenvalue weighted by atomic mass is 16.5. The number of imidazole rings is 1. The number of ketones is 1. The molecule has 0 fully saturated rings. The summed E-state index contributed by atoms with van der Waals surface area (Å²) in [7, 11) is 7.49. The van der Waals surface area contributed by atoms with Crippen LogP contribution in [0.25, 0.3) is 5.69 Å². The molecule has 0 atom stereocenters. The molecule has 4 rings (SSSR count). The molecule has 0 saturated heterocycles. The van der Waals surface area contributed by atoms with E-state index in [1.807, 2.05) is 55.0 Å². The molecule has 206 valence electrons. The van der Waals surface area contributed by atoms with E-state index >= 15 is 0 Å². The molecule has 0 radical (unpaired) electrons. The molecular weight excluding hydrogens is 508 g/mol. The summed E-state index contributed by atoms with van der Waals surface area (Å²) in [4.78, 5) is 42.3. The van der Waals surface area contributed by atoms with E-state index in [-0.39, 0.29) is 23.3 Å². The zero-order chi connectivity index (χ0) is 28.6. The summed E-state index contributed by atoms with van der Waals surface area (Å²) in [6.07, 6.45) is 7.93. The number of nitrogens with one attached hydrogen (secondary N) is 2. The third kappa shape index (κ3) is 6.69. The molecular formula is C29H32N8O3. The van der Waals surface area contributed by atoms with Gasteiger partial charge in [0, 0.05) is 56.0 Å². The van der Waals surface area contributed by atoms with E-state index in [9.17, 15) is 9.59 Å². The Morgan fingerprint density at radius 2 is 1.82 bits per heavy atom. The van der Waals surface area contributed by atoms with Crippen molar-refractivity contribution in [3.8, 4) is 11.4 Å². The first-order valence-corrected chi connectivity index (χ1v) is 12.5. The molecule has 0 unspecified atom stereocenters. The molecule has 0 aliphatic heterocycles. The number of ether oxygens (including phenoxy) is 1. The molecule has 2 aromatic carbocycles. The summed E-state index contributed by atoms with van der Waals surface area (Å²) in [5.41, 5.74) is 3.45. The number of methoxy groups -OCH3 is 1. The number of amides is 1. The predicted molar refractivity (Wildman–Crippen MR) is 156 cm³/mol. The summed E-state index contributed by atoms with van der Waals surface area (Å²) in [6, 6.07) is 12.3. The number of likely N-dealkylation sites (N-methyl/N-ethyl adjacent to an activating group) is 2. The number of aromatic nitrogens is 4. The Kier molecular flexibility index (Phi) is 8.87. The number of hydrogen-bond donors (Lipinski definition) is 2. The zero-order valence-corrected chi connectivity index (χ0v) is 23.0. The average molecular weight is 541 g/mol. The Balaban J connectivity index is 1.60. The standard InChI is InChI=1S/C29H32N8O3/c1-6-27(38)32-23-17-24(26(40-5)18-25(23)36(4)16-15-35(2)3)34-29-31-12-11-22(33-29)28(39)20-7-9-21(10-8-20)37-14-13-30-19-37/h6-14,17-19H,1,15-16H2,2-5H3,(H,32,38)(H,31,33,34). The molecule has 2 N–H and O–H groups in total. The van der Waals surface area contributed by atoms with Crippen molar-refractivity contribution in [2.75, 3.05) is 56.9 Å². The maximum absolute atomic E-state index is 13.2. The van der Waals surface area contributed by atoms with E-state index < -0.39 is 0 Å². The first-order valence-electron chi connectivity index (χ1n) is 12.5. The monoisotopic (exact) mass is 540 g/mol. The van der Waals surface area contributed by atoms with E-state index in [2.05, 4.69) is 37.1 Å². The Bertz CT molecular complexity index is 1480. The molecule has 1 amide bonds. The summed E-state index contributed by atoms with van der Waals surface area (Å²) in [6.45, 7) is 5.09. The first-order chi connectivity index (χ1) is 19.3. The van der Waals surface area contributed by atoms with Gasteiger partial charge < -0.3 is 29.7 Å². The van der Waals surface area contributed by atoms with Crippen LogP contribution in [0.4, 0.5) is 23.0 Å². The number of carbonyl (C=O) groups excluding carboxylic acids is 2. The molecule has 0 aliphatic carbocycles. The van der Waals surface area contributed by atoms with Crippen LogP contribution in [0.5, 0.6) is 5.75 Å². The van der Waals surface area contributed by atoms with Gasteiger partial charge in [0.25, 0.3) is 0 Å². The largest absolute Gasteiger partial charge is 0.494 e. The lowest BCUT2D eigenvalue weighted by atomic mass is 10.1. The van der Waals surface area contributed by atoms with Gasteiger partial charge >= 0.3 is 0 Å². The zero-order valence-electron chi connectivity index (χ0n) is 23.0. The highest BCUT2D eigenvalue weighted by Gasteiger charge is 2.18. The van der Waals surface area contributed by atoms with Crippen molar-refractivity contribution < 1.29 is 14.3 Å². The van der Waals surface area contributed by atoms with Crippen LogP contribution in [0.15, 0.2) is 80.0 Å². The van der Waals surface area contributed by atoms with Gasteiger partial charge in [0.05, 0.1) is 30.5 Å². The van der Waals surface area contributed by atoms with Gasteiger partial charge in [-0.25, -0.2) is 15.0 Å². The van der Waals surface area contributed by atoms with Crippen LogP contribution in [0.2, 0.25) is 0 Å². The third-order valence-corrected chi connectivity index (χ3v) is 6.12. The number of rotatable bonds is 12. The minimum atomic E-state index is -0.346. The molecule has 40 heavy (non-hydrogen) atoms. The van der Waals surface area contributed by atoms with E-state index in [1.165, 1.54) is 12.3 Å². The minimum Gasteiger partial charge on any atom is -0.494 e. The molecule has 0 aliphatic rings. The van der Waals surface area contributed by atoms with Gasteiger partial charge in [0.1, 0.15) is 11.4 Å². The second kappa shape index (κ2) is 12.7. The van der Waals surface area contributed by atoms with E-state index in [1.54, 1.807) is 43.9 Å². The number of nitrogens with zero attached hydrogens (tertiary/aromatic N) is 6. The van der Waals surface area contributed by atoms with Crippen LogP contribution in [0.1, 0.15) is 16.1 Å². The summed E-state index contributed by atoms with van der Waals surface area (Å²) in [5.74, 6) is 0.125. The van der Waals surface area contributed by atoms with Crippen molar-refractivity contribution in [2.45, 2.75) is 0 Å². The second-order valence-corrected chi connectivity index (χ2v) is 9.22. The first kappa shape index (κ1) is 28.0. The van der Waals surface area contributed by atoms with Crippen molar-refractivity contribution in [3.05, 3.63) is 91.3 Å². The average Bonchev–Trinajstić information content (AvgIpc) is 3.51. The van der Waals surface area contributed by atoms with E-state index in [4.69, 9.17) is 4.74 Å². The number of hydrogen-bond acceptors (Lipinski definition) is 9. The minimum absolute atomic E-state index is 0.203. The van der Waals surface area contributed by atoms with Gasteiger partial charge in [-0.2, -0.15) is 0 Å². The normalized spacial score (nSPS) is 10.7. The Labute approximate surface area is 233 Å². The number of carbonyl (C=O) groups is 2. The predicted octanol–water partition coefficient (Wildman–Crippen LogP) is 3.77. The topological polar surface area (TPSA) is 118 Å². The van der Waals surface area contributed by atoms with Crippen molar-refractivity contribution in [2.24, 2.45) is 0 Å². The molecule has 11 nitrogen and oxygen atoms in total. The maximum Gasteiger partial charge on any atom is 0.247 e. The smallest absolute Gasteiger partial charge is 0.247 e. The molecule has 2 heterocycles. The maximum atomic E-state index is 13.2. The van der Waals surface area contributed by atoms with Crippen LogP contribution < -0.4 is 20.3 Å². The third-order valence-electron chi connectivity index (χ3n) is 6.12. The van der Waals surface area contributed by atoms with Crippen LogP contribution in [0.3, 0.4) is 0 Å². The lowest BCUT2D eigenvalue weighted by Crippen LogP contribution is -2.29. The molecule has 0 bridgehead atoms. The van der Waals surface area contributed by atoms with Gasteiger partial charge in [-0.1, -0.05) is 6.58 Å². The number of anilines is 4. The Morgan fingerprint density at radius 1 is 1.05 bits per heavy atom. The molecule has 0 saturated carbocycles. The Morgan fingerprint density at radius 3 is 2.48 bits per heavy atom. The Hall–Kier alpha value is -5.03. The second-order valence-electron chi connectivity index (χ2n) is 9.22. The van der Waals surface area contributed by atoms with Gasteiger partial charge in [0.15, 0.2) is 0 Å². The van der Waals surface area contributed by atoms with Gasteiger partial charge in [-0.05, 0) is 56.6 Å². The van der Waals surface area contributed by atoms with Crippen LogP contribution in [-0.4, -0.2) is 77.5 Å². The van der Waals surface area contributed by atoms with Crippen molar-refractivity contribution in [1.82, 2.24) is 24.4 Å².